The molecule has 0 heterocycles. The maximum Gasteiger partial charge on any atom is 0.408 e. The van der Waals surface area contributed by atoms with Gasteiger partial charge in [-0.15, -0.1) is 6.42 Å². The summed E-state index contributed by atoms with van der Waals surface area (Å²) < 4.78 is 5.40. The maximum atomic E-state index is 14.2. The Morgan fingerprint density at radius 3 is 2.20 bits per heavy atom. The quantitative estimate of drug-likeness (QED) is 0.234. The molecule has 0 spiro atoms. The van der Waals surface area contributed by atoms with E-state index in [-0.39, 0.29) is 24.2 Å². The van der Waals surface area contributed by atoms with Crippen LogP contribution in [0.5, 0.6) is 0 Å². The highest BCUT2D eigenvalue weighted by atomic mass is 32.1. The molecule has 0 aliphatic rings. The number of amides is 3. The molecule has 0 aromatic heterocycles. The molecule has 2 aromatic carbocycles. The molecule has 3 amide bonds. The van der Waals surface area contributed by atoms with Crippen LogP contribution in [0.4, 0.5) is 4.79 Å². The number of alkyl carbamates (subject to hydrolysis) is 1. The van der Waals surface area contributed by atoms with E-state index in [4.69, 9.17) is 11.2 Å². The number of nitrogens with one attached hydrogen (secondary N) is 2. The Labute approximate surface area is 244 Å². The molecule has 40 heavy (non-hydrogen) atoms. The predicted molar refractivity (Wildman–Crippen MR) is 163 cm³/mol. The first-order valence-electron chi connectivity index (χ1n) is 13.7. The van der Waals surface area contributed by atoms with Crippen LogP contribution in [-0.4, -0.2) is 46.2 Å². The van der Waals surface area contributed by atoms with Crippen LogP contribution >= 0.6 is 12.6 Å². The molecular weight excluding hydrogens is 522 g/mol. The van der Waals surface area contributed by atoms with Crippen molar-refractivity contribution in [3.05, 3.63) is 71.3 Å². The number of ether oxygens (including phenoxy) is 1. The SMILES string of the molecule is C#Cc1ccccc1C(C(=O)NCc1ccccc1)N(C(=O)C(CS)NC(=O)OC(C)(C)C)C(C)CCC(C)C. The molecule has 0 aliphatic carbocycles. The van der Waals surface area contributed by atoms with Gasteiger partial charge in [-0.2, -0.15) is 12.6 Å². The Morgan fingerprint density at radius 1 is 1.00 bits per heavy atom. The Morgan fingerprint density at radius 2 is 1.62 bits per heavy atom. The summed E-state index contributed by atoms with van der Waals surface area (Å²) in [6, 6.07) is 14.2. The van der Waals surface area contributed by atoms with Gasteiger partial charge in [-0.25, -0.2) is 4.79 Å². The van der Waals surface area contributed by atoms with Crippen molar-refractivity contribution in [2.45, 2.75) is 84.7 Å². The fraction of sp³-hybridized carbons (Fsp3) is 0.469. The Kier molecular flexibility index (Phi) is 12.6. The maximum absolute atomic E-state index is 14.2. The van der Waals surface area contributed by atoms with Gasteiger partial charge in [-0.3, -0.25) is 9.59 Å². The monoisotopic (exact) mass is 565 g/mol. The molecule has 2 rings (SSSR count). The first kappa shape index (κ1) is 32.8. The van der Waals surface area contributed by atoms with Gasteiger partial charge in [0.05, 0.1) is 0 Å². The van der Waals surface area contributed by atoms with E-state index in [2.05, 4.69) is 43.0 Å². The Hall–Kier alpha value is -3.44. The number of thiol groups is 1. The number of rotatable bonds is 12. The summed E-state index contributed by atoms with van der Waals surface area (Å²) in [5.74, 6) is 2.26. The van der Waals surface area contributed by atoms with Gasteiger partial charge in [0.2, 0.25) is 11.8 Å². The second-order valence-electron chi connectivity index (χ2n) is 11.3. The van der Waals surface area contributed by atoms with Gasteiger partial charge in [0, 0.05) is 23.9 Å². The van der Waals surface area contributed by atoms with Crippen molar-refractivity contribution in [2.24, 2.45) is 5.92 Å². The van der Waals surface area contributed by atoms with Crippen molar-refractivity contribution in [2.75, 3.05) is 5.75 Å². The molecule has 0 aliphatic heterocycles. The molecule has 7 nitrogen and oxygen atoms in total. The summed E-state index contributed by atoms with van der Waals surface area (Å²) in [6.45, 7) is 11.6. The largest absolute Gasteiger partial charge is 0.444 e. The van der Waals surface area contributed by atoms with Crippen molar-refractivity contribution in [1.82, 2.24) is 15.5 Å². The van der Waals surface area contributed by atoms with Crippen LogP contribution in [0.15, 0.2) is 54.6 Å². The molecular formula is C32H43N3O4S. The Bertz CT molecular complexity index is 1170. The van der Waals surface area contributed by atoms with Crippen molar-refractivity contribution in [3.63, 3.8) is 0 Å². The predicted octanol–water partition coefficient (Wildman–Crippen LogP) is 5.50. The minimum atomic E-state index is -1.03. The van der Waals surface area contributed by atoms with Gasteiger partial charge in [0.1, 0.15) is 17.7 Å². The van der Waals surface area contributed by atoms with E-state index in [1.807, 2.05) is 37.3 Å². The number of hydrogen-bond acceptors (Lipinski definition) is 5. The van der Waals surface area contributed by atoms with Crippen molar-refractivity contribution in [1.29, 1.82) is 0 Å². The molecule has 2 N–H and O–H groups in total. The lowest BCUT2D eigenvalue weighted by molar-refractivity contribution is -0.144. The van der Waals surface area contributed by atoms with Crippen LogP contribution < -0.4 is 10.6 Å². The molecule has 0 saturated heterocycles. The molecule has 3 atom stereocenters. The number of benzene rings is 2. The topological polar surface area (TPSA) is 87.7 Å². The molecule has 0 radical (unpaired) electrons. The number of nitrogens with zero attached hydrogens (tertiary/aromatic N) is 1. The van der Waals surface area contributed by atoms with Gasteiger partial charge >= 0.3 is 6.09 Å². The lowest BCUT2D eigenvalue weighted by Gasteiger charge is -2.39. The van der Waals surface area contributed by atoms with E-state index in [1.165, 1.54) is 0 Å². The number of terminal acetylenes is 1. The normalized spacial score (nSPS) is 13.5. The minimum absolute atomic E-state index is 0.0145. The average Bonchev–Trinajstić information content (AvgIpc) is 2.91. The average molecular weight is 566 g/mol. The van der Waals surface area contributed by atoms with Gasteiger partial charge in [-0.1, -0.05) is 68.3 Å². The van der Waals surface area contributed by atoms with E-state index < -0.39 is 29.7 Å². The summed E-state index contributed by atoms with van der Waals surface area (Å²) in [5.41, 5.74) is 1.23. The molecule has 3 unspecified atom stereocenters. The summed E-state index contributed by atoms with van der Waals surface area (Å²) in [4.78, 5) is 42.4. The van der Waals surface area contributed by atoms with Crippen LogP contribution in [0.3, 0.4) is 0 Å². The van der Waals surface area contributed by atoms with Crippen molar-refractivity contribution < 1.29 is 19.1 Å². The summed E-state index contributed by atoms with van der Waals surface area (Å²) in [5, 5.41) is 5.65. The van der Waals surface area contributed by atoms with Crippen LogP contribution in [0.1, 0.15) is 77.1 Å². The summed E-state index contributed by atoms with van der Waals surface area (Å²) in [7, 11) is 0. The van der Waals surface area contributed by atoms with Crippen LogP contribution in [0.2, 0.25) is 0 Å². The highest BCUT2D eigenvalue weighted by molar-refractivity contribution is 7.80. The minimum Gasteiger partial charge on any atom is -0.444 e. The fourth-order valence-electron chi connectivity index (χ4n) is 4.29. The van der Waals surface area contributed by atoms with Crippen molar-refractivity contribution >= 4 is 30.5 Å². The molecule has 0 saturated carbocycles. The van der Waals surface area contributed by atoms with Gasteiger partial charge in [-0.05, 0) is 63.6 Å². The highest BCUT2D eigenvalue weighted by Crippen LogP contribution is 2.30. The van der Waals surface area contributed by atoms with Gasteiger partial charge in [0.15, 0.2) is 0 Å². The zero-order valence-corrected chi connectivity index (χ0v) is 25.3. The van der Waals surface area contributed by atoms with E-state index in [1.54, 1.807) is 49.9 Å². The van der Waals surface area contributed by atoms with Crippen LogP contribution in [0, 0.1) is 18.3 Å². The molecule has 0 fully saturated rings. The van der Waals surface area contributed by atoms with E-state index in [0.29, 0.717) is 23.5 Å². The second kappa shape index (κ2) is 15.4. The lowest BCUT2D eigenvalue weighted by Crippen LogP contribution is -2.56. The molecule has 2 aromatic rings. The second-order valence-corrected chi connectivity index (χ2v) is 11.6. The molecule has 0 bridgehead atoms. The number of hydrogen-bond donors (Lipinski definition) is 3. The zero-order chi connectivity index (χ0) is 29.9. The number of carbonyl (C=O) groups is 3. The first-order valence-corrected chi connectivity index (χ1v) is 14.3. The lowest BCUT2D eigenvalue weighted by atomic mass is 9.94. The molecule has 216 valence electrons. The third kappa shape index (κ3) is 9.95. The standard InChI is InChI=1S/C32H43N3O4S/c1-8-25-16-12-13-17-26(25)28(29(36)33-20-24-14-10-9-11-15-24)35(23(4)19-18-22(2)3)30(37)27(21-40)34-31(38)39-32(5,6)7/h1,9-17,22-23,27-28,40H,18-21H2,2-7H3,(H,33,36)(H,34,38). The van der Waals surface area contributed by atoms with E-state index >= 15 is 0 Å². The fourth-order valence-corrected chi connectivity index (χ4v) is 4.54. The van der Waals surface area contributed by atoms with Crippen LogP contribution in [-0.2, 0) is 20.9 Å². The van der Waals surface area contributed by atoms with E-state index in [9.17, 15) is 14.4 Å². The first-order chi connectivity index (χ1) is 18.9. The van der Waals surface area contributed by atoms with Gasteiger partial charge < -0.3 is 20.3 Å². The molecule has 8 heteroatoms. The van der Waals surface area contributed by atoms with E-state index in [0.717, 1.165) is 12.0 Å². The highest BCUT2D eigenvalue weighted by Gasteiger charge is 2.39. The summed E-state index contributed by atoms with van der Waals surface area (Å²) in [6.07, 6.45) is 6.60. The smallest absolute Gasteiger partial charge is 0.408 e. The Balaban J connectivity index is 2.56. The number of carbonyl (C=O) groups excluding carboxylic acids is 3. The zero-order valence-electron chi connectivity index (χ0n) is 24.4. The summed E-state index contributed by atoms with van der Waals surface area (Å²) >= 11 is 4.37. The third-order valence-corrected chi connectivity index (χ3v) is 6.67. The third-order valence-electron chi connectivity index (χ3n) is 6.31. The van der Waals surface area contributed by atoms with Crippen molar-refractivity contribution in [3.8, 4) is 12.3 Å². The van der Waals surface area contributed by atoms with Gasteiger partial charge in [0.25, 0.3) is 0 Å². The van der Waals surface area contributed by atoms with Crippen LogP contribution in [0.25, 0.3) is 0 Å².